The predicted molar refractivity (Wildman–Crippen MR) is 96.1 cm³/mol. The molecule has 1 fully saturated rings. The van der Waals surface area contributed by atoms with Crippen molar-refractivity contribution in [3.63, 3.8) is 0 Å². The number of carbonyl (C=O) groups excluding carboxylic acids is 3. The predicted octanol–water partition coefficient (Wildman–Crippen LogP) is 1.46. The molecule has 1 unspecified atom stereocenters. The first-order valence-electron chi connectivity index (χ1n) is 8.23. The van der Waals surface area contributed by atoms with E-state index in [1.54, 1.807) is 0 Å². The Bertz CT molecular complexity index is 836. The number of ether oxygens (including phenoxy) is 1. The summed E-state index contributed by atoms with van der Waals surface area (Å²) in [5, 5.41) is 10.7. The topological polar surface area (TPSA) is 133 Å². The molecule has 0 aliphatic carbocycles. The molecule has 0 aromatic heterocycles. The molecular formula is C17H17N3O6S. The van der Waals surface area contributed by atoms with Crippen LogP contribution in [0.15, 0.2) is 34.9 Å². The van der Waals surface area contributed by atoms with Crippen LogP contribution in [0.4, 0.5) is 5.69 Å². The molecule has 0 radical (unpaired) electrons. The number of nitro benzene ring substituents is 1. The second kappa shape index (κ2) is 7.78. The van der Waals surface area contributed by atoms with Crippen molar-refractivity contribution in [1.29, 1.82) is 0 Å². The van der Waals surface area contributed by atoms with E-state index in [0.29, 0.717) is 24.2 Å². The normalized spacial score (nSPS) is 18.1. The van der Waals surface area contributed by atoms with Crippen LogP contribution >= 0.6 is 11.8 Å². The highest BCUT2D eigenvalue weighted by Crippen LogP contribution is 2.43. The average Bonchev–Trinajstić information content (AvgIpc) is 2.92. The number of benzene rings is 1. The second-order valence-electron chi connectivity index (χ2n) is 6.16. The van der Waals surface area contributed by atoms with Crippen molar-refractivity contribution in [2.75, 3.05) is 5.75 Å². The van der Waals surface area contributed by atoms with Gasteiger partial charge in [0.25, 0.3) is 5.69 Å². The Hall–Kier alpha value is -2.88. The molecule has 2 aliphatic rings. The van der Waals surface area contributed by atoms with E-state index in [0.717, 1.165) is 4.91 Å². The van der Waals surface area contributed by atoms with Gasteiger partial charge in [-0.25, -0.2) is 4.79 Å². The molecule has 1 atom stereocenters. The summed E-state index contributed by atoms with van der Waals surface area (Å²) in [7, 11) is 0. The van der Waals surface area contributed by atoms with E-state index in [4.69, 9.17) is 10.5 Å². The molecule has 1 aromatic carbocycles. The zero-order valence-corrected chi connectivity index (χ0v) is 15.1. The summed E-state index contributed by atoms with van der Waals surface area (Å²) in [6.45, 7) is -0.0632. The van der Waals surface area contributed by atoms with Crippen LogP contribution in [0.3, 0.4) is 0 Å². The van der Waals surface area contributed by atoms with Crippen LogP contribution in [0, 0.1) is 10.1 Å². The number of nitrogens with two attached hydrogens (primary N) is 1. The maximum atomic E-state index is 12.5. The molecular weight excluding hydrogens is 374 g/mol. The smallest absolute Gasteiger partial charge is 0.356 e. The molecule has 142 valence electrons. The van der Waals surface area contributed by atoms with Crippen molar-refractivity contribution in [3.8, 4) is 0 Å². The first-order chi connectivity index (χ1) is 12.9. The molecule has 0 bridgehead atoms. The molecule has 1 aromatic rings. The zero-order chi connectivity index (χ0) is 19.6. The van der Waals surface area contributed by atoms with Crippen molar-refractivity contribution < 1.29 is 24.0 Å². The number of amides is 2. The molecule has 0 saturated carbocycles. The highest BCUT2D eigenvalue weighted by atomic mass is 32.2. The molecule has 1 saturated heterocycles. The fraction of sp³-hybridized carbons (Fsp3) is 0.353. The van der Waals surface area contributed by atoms with Gasteiger partial charge >= 0.3 is 5.97 Å². The second-order valence-corrected chi connectivity index (χ2v) is 7.35. The van der Waals surface area contributed by atoms with Gasteiger partial charge in [-0.15, -0.1) is 11.8 Å². The highest BCUT2D eigenvalue weighted by molar-refractivity contribution is 8.03. The first-order valence-corrected chi connectivity index (χ1v) is 9.22. The number of carbonyl (C=O) groups is 3. The third-order valence-electron chi connectivity index (χ3n) is 4.31. The van der Waals surface area contributed by atoms with Crippen molar-refractivity contribution in [1.82, 2.24) is 4.90 Å². The van der Waals surface area contributed by atoms with E-state index >= 15 is 0 Å². The quantitative estimate of drug-likeness (QED) is 0.307. The number of nitrogens with zero attached hydrogens (tertiary/aromatic N) is 2. The Labute approximate surface area is 158 Å². The lowest BCUT2D eigenvalue weighted by atomic mass is 10.0. The van der Waals surface area contributed by atoms with Gasteiger partial charge in [-0.2, -0.15) is 0 Å². The lowest BCUT2D eigenvalue weighted by Gasteiger charge is -2.35. The summed E-state index contributed by atoms with van der Waals surface area (Å²) in [5.74, 6) is -0.750. The molecule has 3 rings (SSSR count). The van der Waals surface area contributed by atoms with Gasteiger partial charge in [0.1, 0.15) is 12.3 Å². The van der Waals surface area contributed by atoms with Crippen LogP contribution in [0.5, 0.6) is 0 Å². The molecule has 9 nitrogen and oxygen atoms in total. The molecule has 10 heteroatoms. The summed E-state index contributed by atoms with van der Waals surface area (Å²) >= 11 is 1.33. The third-order valence-corrected chi connectivity index (χ3v) is 5.42. The Morgan fingerprint density at radius 1 is 1.30 bits per heavy atom. The Kier molecular flexibility index (Phi) is 5.45. The lowest BCUT2D eigenvalue weighted by Crippen LogP contribution is -2.49. The Morgan fingerprint density at radius 2 is 2.00 bits per heavy atom. The molecule has 2 amide bonds. The largest absolute Gasteiger partial charge is 0.456 e. The monoisotopic (exact) mass is 391 g/mol. The van der Waals surface area contributed by atoms with Crippen LogP contribution in [0.2, 0.25) is 0 Å². The van der Waals surface area contributed by atoms with E-state index in [9.17, 15) is 24.5 Å². The van der Waals surface area contributed by atoms with Crippen LogP contribution in [0.25, 0.3) is 0 Å². The number of non-ortho nitro benzene ring substituents is 1. The average molecular weight is 391 g/mol. The van der Waals surface area contributed by atoms with Crippen molar-refractivity contribution in [3.05, 3.63) is 50.5 Å². The number of hydrogen-bond donors (Lipinski definition) is 1. The summed E-state index contributed by atoms with van der Waals surface area (Å²) < 4.78 is 5.31. The number of primary amides is 1. The van der Waals surface area contributed by atoms with E-state index < -0.39 is 16.8 Å². The minimum Gasteiger partial charge on any atom is -0.456 e. The van der Waals surface area contributed by atoms with Gasteiger partial charge in [-0.05, 0) is 17.7 Å². The van der Waals surface area contributed by atoms with E-state index in [-0.39, 0.29) is 36.4 Å². The maximum Gasteiger partial charge on any atom is 0.356 e. The Balaban J connectivity index is 1.66. The summed E-state index contributed by atoms with van der Waals surface area (Å²) in [6, 6.07) is 5.65. The molecule has 0 spiro atoms. The minimum atomic E-state index is -0.620. The fourth-order valence-corrected chi connectivity index (χ4v) is 4.12. The number of rotatable bonds is 8. The van der Waals surface area contributed by atoms with Gasteiger partial charge in [0.2, 0.25) is 11.8 Å². The van der Waals surface area contributed by atoms with Gasteiger partial charge in [0.05, 0.1) is 11.0 Å². The van der Waals surface area contributed by atoms with Crippen molar-refractivity contribution in [2.45, 2.75) is 31.9 Å². The lowest BCUT2D eigenvalue weighted by molar-refractivity contribution is -0.384. The van der Waals surface area contributed by atoms with E-state index in [1.807, 2.05) is 0 Å². The van der Waals surface area contributed by atoms with Crippen LogP contribution < -0.4 is 5.73 Å². The number of β-lactam (4-membered cyclic amide) rings is 1. The van der Waals surface area contributed by atoms with Gasteiger partial charge in [-0.3, -0.25) is 19.7 Å². The summed E-state index contributed by atoms with van der Waals surface area (Å²) in [5.41, 5.74) is 5.91. The molecule has 27 heavy (non-hydrogen) atoms. The van der Waals surface area contributed by atoms with Crippen molar-refractivity contribution >= 4 is 35.2 Å². The molecule has 2 heterocycles. The number of hydrogen-bond acceptors (Lipinski definition) is 7. The van der Waals surface area contributed by atoms with Crippen molar-refractivity contribution in [2.24, 2.45) is 5.73 Å². The SMILES string of the molecule is NC(=O)CCSC1=C(C(=O)OCc2ccc([N+](=O)[O-])cc2)N2C(=O)CC2C1. The van der Waals surface area contributed by atoms with Gasteiger partial charge < -0.3 is 15.4 Å². The van der Waals surface area contributed by atoms with E-state index in [2.05, 4.69) is 0 Å². The summed E-state index contributed by atoms with van der Waals surface area (Å²) in [4.78, 5) is 47.6. The minimum absolute atomic E-state index is 0.0319. The number of thioether (sulfide) groups is 1. The van der Waals surface area contributed by atoms with Crippen LogP contribution in [-0.2, 0) is 25.7 Å². The van der Waals surface area contributed by atoms with Crippen LogP contribution in [-0.4, -0.2) is 39.4 Å². The van der Waals surface area contributed by atoms with E-state index in [1.165, 1.54) is 40.9 Å². The Morgan fingerprint density at radius 3 is 2.59 bits per heavy atom. The zero-order valence-electron chi connectivity index (χ0n) is 14.3. The number of nitro groups is 1. The first kappa shape index (κ1) is 18.9. The molecule has 2 aliphatic heterocycles. The molecule has 2 N–H and O–H groups in total. The van der Waals surface area contributed by atoms with Gasteiger partial charge in [-0.1, -0.05) is 0 Å². The maximum absolute atomic E-state index is 12.5. The summed E-state index contributed by atoms with van der Waals surface area (Å²) in [6.07, 6.45) is 1.13. The standard InChI is InChI=1S/C17H17N3O6S/c18-14(21)5-6-27-13-7-12-8-15(22)19(12)16(13)17(23)26-9-10-1-3-11(4-2-10)20(24)25/h1-4,12H,5-9H2,(H2,18,21). The van der Waals surface area contributed by atoms with Crippen LogP contribution in [0.1, 0.15) is 24.8 Å². The third kappa shape index (κ3) is 4.11. The van der Waals surface area contributed by atoms with Gasteiger partial charge in [0.15, 0.2) is 0 Å². The number of esters is 1. The van der Waals surface area contributed by atoms with Gasteiger partial charge in [0, 0.05) is 42.1 Å². The number of fused-ring (bicyclic) bond motifs is 1. The highest BCUT2D eigenvalue weighted by Gasteiger charge is 2.48. The fourth-order valence-electron chi connectivity index (χ4n) is 2.94.